The molecular formula is C25H25N3O6S2. The molecule has 0 aromatic heterocycles. The van der Waals surface area contributed by atoms with E-state index in [0.717, 1.165) is 31.2 Å². The molecular weight excluding hydrogens is 502 g/mol. The maximum Gasteiger partial charge on any atom is 0.271 e. The summed E-state index contributed by atoms with van der Waals surface area (Å²) >= 11 is 6.81. The minimum atomic E-state index is -0.535. The zero-order chi connectivity index (χ0) is 25.7. The van der Waals surface area contributed by atoms with Crippen LogP contribution in [-0.4, -0.2) is 45.7 Å². The molecule has 1 N–H and O–H groups in total. The number of anilines is 1. The van der Waals surface area contributed by atoms with Gasteiger partial charge in [-0.15, -0.1) is 0 Å². The normalized spacial score (nSPS) is 17.4. The van der Waals surface area contributed by atoms with E-state index in [9.17, 15) is 19.7 Å². The number of nitrogens with one attached hydrogen (secondary N) is 1. The van der Waals surface area contributed by atoms with Crippen molar-refractivity contribution in [1.29, 1.82) is 0 Å². The molecule has 4 rings (SSSR count). The first kappa shape index (κ1) is 25.6. The summed E-state index contributed by atoms with van der Waals surface area (Å²) < 4.78 is 11.6. The van der Waals surface area contributed by atoms with Crippen LogP contribution >= 0.6 is 24.0 Å². The third kappa shape index (κ3) is 6.03. The molecule has 1 heterocycles. The third-order valence-electron chi connectivity index (χ3n) is 5.95. The van der Waals surface area contributed by atoms with Gasteiger partial charge in [-0.1, -0.05) is 55.4 Å². The van der Waals surface area contributed by atoms with Gasteiger partial charge in [-0.3, -0.25) is 24.6 Å². The summed E-state index contributed by atoms with van der Waals surface area (Å²) in [4.78, 5) is 38.0. The van der Waals surface area contributed by atoms with Crippen molar-refractivity contribution in [2.45, 2.75) is 38.1 Å². The monoisotopic (exact) mass is 527 g/mol. The lowest BCUT2D eigenvalue weighted by atomic mass is 9.94. The summed E-state index contributed by atoms with van der Waals surface area (Å²) in [6.45, 7) is -0.321. The molecule has 0 unspecified atom stereocenters. The van der Waals surface area contributed by atoms with E-state index < -0.39 is 10.8 Å². The Bertz CT molecular complexity index is 1230. The van der Waals surface area contributed by atoms with Crippen molar-refractivity contribution in [1.82, 2.24) is 4.90 Å². The first-order valence-electron chi connectivity index (χ1n) is 11.5. The van der Waals surface area contributed by atoms with E-state index in [2.05, 4.69) is 5.32 Å². The average molecular weight is 528 g/mol. The number of hydrogen-bond donors (Lipinski definition) is 1. The Kier molecular flexibility index (Phi) is 8.21. The lowest BCUT2D eigenvalue weighted by Crippen LogP contribution is -2.39. The molecule has 1 saturated carbocycles. The fraction of sp³-hybridized carbons (Fsp3) is 0.320. The topological polar surface area (TPSA) is 111 Å². The number of nitro groups is 1. The van der Waals surface area contributed by atoms with Gasteiger partial charge in [0.25, 0.3) is 17.5 Å². The Morgan fingerprint density at radius 1 is 1.22 bits per heavy atom. The highest BCUT2D eigenvalue weighted by Crippen LogP contribution is 2.38. The summed E-state index contributed by atoms with van der Waals surface area (Å²) in [5.74, 6) is 0.204. The van der Waals surface area contributed by atoms with Crippen LogP contribution in [0.4, 0.5) is 11.4 Å². The van der Waals surface area contributed by atoms with Gasteiger partial charge < -0.3 is 14.8 Å². The van der Waals surface area contributed by atoms with Gasteiger partial charge in [0.15, 0.2) is 18.1 Å². The molecule has 0 radical (unpaired) electrons. The Morgan fingerprint density at radius 2 is 2.00 bits per heavy atom. The molecule has 2 amide bonds. The zero-order valence-corrected chi connectivity index (χ0v) is 21.2. The number of thioether (sulfide) groups is 1. The molecule has 2 aromatic carbocycles. The number of carbonyl (C=O) groups excluding carboxylic acids is 2. The number of thiocarbonyl (C=S) groups is 1. The van der Waals surface area contributed by atoms with E-state index in [4.69, 9.17) is 21.7 Å². The van der Waals surface area contributed by atoms with E-state index in [1.807, 2.05) is 0 Å². The quantitative estimate of drug-likeness (QED) is 0.217. The van der Waals surface area contributed by atoms with Crippen LogP contribution in [-0.2, 0) is 9.59 Å². The van der Waals surface area contributed by atoms with Crippen molar-refractivity contribution in [3.8, 4) is 11.5 Å². The van der Waals surface area contributed by atoms with Crippen LogP contribution in [0.15, 0.2) is 47.4 Å². The molecule has 1 saturated heterocycles. The molecule has 1 aliphatic heterocycles. The minimum absolute atomic E-state index is 0.0611. The number of non-ortho nitro benzene ring substituents is 1. The van der Waals surface area contributed by atoms with Gasteiger partial charge in [0.05, 0.1) is 16.9 Å². The molecule has 11 heteroatoms. The van der Waals surface area contributed by atoms with Gasteiger partial charge in [-0.2, -0.15) is 0 Å². The second kappa shape index (κ2) is 11.5. The average Bonchev–Trinajstić information content (AvgIpc) is 3.16. The fourth-order valence-electron chi connectivity index (χ4n) is 4.22. The molecule has 1 aliphatic carbocycles. The maximum atomic E-state index is 13.0. The van der Waals surface area contributed by atoms with Crippen LogP contribution in [0, 0.1) is 10.1 Å². The SMILES string of the molecule is COc1cc(/C=C2/SC(=S)N(C3CCCCC3)C2=O)ccc1OCC(=O)Nc1cccc([N+](=O)[O-])c1. The van der Waals surface area contributed by atoms with Gasteiger partial charge in [0.1, 0.15) is 4.32 Å². The van der Waals surface area contributed by atoms with Gasteiger partial charge >= 0.3 is 0 Å². The zero-order valence-electron chi connectivity index (χ0n) is 19.6. The molecule has 2 fully saturated rings. The molecule has 2 aromatic rings. The lowest BCUT2D eigenvalue weighted by Gasteiger charge is -2.29. The number of carbonyl (C=O) groups is 2. The Morgan fingerprint density at radius 3 is 2.72 bits per heavy atom. The van der Waals surface area contributed by atoms with Crippen LogP contribution in [0.3, 0.4) is 0 Å². The largest absolute Gasteiger partial charge is 0.493 e. The van der Waals surface area contributed by atoms with Crippen molar-refractivity contribution in [2.75, 3.05) is 19.0 Å². The molecule has 2 aliphatic rings. The van der Waals surface area contributed by atoms with Gasteiger partial charge in [0, 0.05) is 23.9 Å². The second-order valence-corrected chi connectivity index (χ2v) is 10.1. The third-order valence-corrected chi connectivity index (χ3v) is 7.28. The summed E-state index contributed by atoms with van der Waals surface area (Å²) in [6.07, 6.45) is 7.17. The summed E-state index contributed by atoms with van der Waals surface area (Å²) in [7, 11) is 1.48. The van der Waals surface area contributed by atoms with Crippen molar-refractivity contribution < 1.29 is 24.0 Å². The van der Waals surface area contributed by atoms with Gasteiger partial charge in [0.2, 0.25) is 0 Å². The summed E-state index contributed by atoms with van der Waals surface area (Å²) in [5.41, 5.74) is 0.914. The predicted molar refractivity (Wildman–Crippen MR) is 142 cm³/mol. The number of hydrogen-bond acceptors (Lipinski definition) is 8. The lowest BCUT2D eigenvalue weighted by molar-refractivity contribution is -0.384. The molecule has 9 nitrogen and oxygen atoms in total. The molecule has 0 spiro atoms. The Labute approximate surface area is 218 Å². The van der Waals surface area contributed by atoms with Crippen molar-refractivity contribution in [2.24, 2.45) is 0 Å². The van der Waals surface area contributed by atoms with E-state index in [1.54, 1.807) is 35.2 Å². The molecule has 188 valence electrons. The highest BCUT2D eigenvalue weighted by Gasteiger charge is 2.37. The Hall–Kier alpha value is -3.44. The van der Waals surface area contributed by atoms with Crippen LogP contribution in [0.5, 0.6) is 11.5 Å². The Balaban J connectivity index is 1.40. The highest BCUT2D eigenvalue weighted by molar-refractivity contribution is 8.26. The molecule has 0 atom stereocenters. The van der Waals surface area contributed by atoms with Gasteiger partial charge in [-0.05, 0) is 42.7 Å². The standard InChI is InChI=1S/C25H25N3O6S2/c1-33-21-12-16(13-22-24(30)27(25(35)36-22)18-7-3-2-4-8-18)10-11-20(21)34-15-23(29)26-17-6-5-9-19(14-17)28(31)32/h5-6,9-14,18H,2-4,7-8,15H2,1H3,(H,26,29)/b22-13+. The van der Waals surface area contributed by atoms with E-state index in [-0.39, 0.29) is 24.2 Å². The number of nitrogens with zero attached hydrogens (tertiary/aromatic N) is 2. The number of benzene rings is 2. The second-order valence-electron chi connectivity index (χ2n) is 8.40. The van der Waals surface area contributed by atoms with Crippen molar-refractivity contribution >= 4 is 57.6 Å². The van der Waals surface area contributed by atoms with Crippen LogP contribution in [0.2, 0.25) is 0 Å². The minimum Gasteiger partial charge on any atom is -0.493 e. The highest BCUT2D eigenvalue weighted by atomic mass is 32.2. The summed E-state index contributed by atoms with van der Waals surface area (Å²) in [5, 5.41) is 13.5. The van der Waals surface area contributed by atoms with Crippen LogP contribution in [0.25, 0.3) is 6.08 Å². The van der Waals surface area contributed by atoms with Crippen LogP contribution in [0.1, 0.15) is 37.7 Å². The van der Waals surface area contributed by atoms with E-state index in [0.29, 0.717) is 26.4 Å². The van der Waals surface area contributed by atoms with Crippen LogP contribution < -0.4 is 14.8 Å². The number of methoxy groups -OCH3 is 1. The number of rotatable bonds is 8. The maximum absolute atomic E-state index is 13.0. The molecule has 36 heavy (non-hydrogen) atoms. The first-order valence-corrected chi connectivity index (χ1v) is 12.7. The van der Waals surface area contributed by atoms with E-state index in [1.165, 1.54) is 43.5 Å². The first-order chi connectivity index (χ1) is 17.4. The number of nitro benzene ring substituents is 1. The van der Waals surface area contributed by atoms with Gasteiger partial charge in [-0.25, -0.2) is 0 Å². The molecule has 0 bridgehead atoms. The van der Waals surface area contributed by atoms with Crippen molar-refractivity contribution in [3.63, 3.8) is 0 Å². The summed E-state index contributed by atoms with van der Waals surface area (Å²) in [6, 6.07) is 11.0. The number of ether oxygens (including phenoxy) is 2. The predicted octanol–water partition coefficient (Wildman–Crippen LogP) is 5.15. The van der Waals surface area contributed by atoms with Crippen molar-refractivity contribution in [3.05, 3.63) is 63.0 Å². The van der Waals surface area contributed by atoms with E-state index >= 15 is 0 Å². The fourth-order valence-corrected chi connectivity index (χ4v) is 5.62. The number of amides is 2. The smallest absolute Gasteiger partial charge is 0.271 e.